The molecule has 3 nitrogen and oxygen atoms in total. The summed E-state index contributed by atoms with van der Waals surface area (Å²) in [6, 6.07) is 6.24. The molecule has 0 radical (unpaired) electrons. The van der Waals surface area contributed by atoms with Crippen molar-refractivity contribution < 1.29 is 0 Å². The molecule has 3 rings (SSSR count). The predicted molar refractivity (Wildman–Crippen MR) is 60.5 cm³/mol. The molecule has 3 heteroatoms. The van der Waals surface area contributed by atoms with E-state index >= 15 is 0 Å². The SMILES string of the molecule is CCn1cc2c(C3(N)CC3)cccc2n1. The van der Waals surface area contributed by atoms with Gasteiger partial charge in [-0.1, -0.05) is 12.1 Å². The Bertz CT molecular complexity index is 509. The average molecular weight is 201 g/mol. The molecule has 0 bridgehead atoms. The van der Waals surface area contributed by atoms with Crippen LogP contribution in [-0.4, -0.2) is 9.78 Å². The van der Waals surface area contributed by atoms with Crippen molar-refractivity contribution in [3.8, 4) is 0 Å². The van der Waals surface area contributed by atoms with Gasteiger partial charge in [-0.3, -0.25) is 4.68 Å². The number of aromatic nitrogens is 2. The number of hydrogen-bond acceptors (Lipinski definition) is 2. The predicted octanol–water partition coefficient (Wildman–Crippen LogP) is 2.00. The second-order valence-corrected chi connectivity index (χ2v) is 4.38. The molecular weight excluding hydrogens is 186 g/mol. The molecule has 2 N–H and O–H groups in total. The summed E-state index contributed by atoms with van der Waals surface area (Å²) in [4.78, 5) is 0. The van der Waals surface area contributed by atoms with Crippen molar-refractivity contribution in [3.63, 3.8) is 0 Å². The first kappa shape index (κ1) is 8.92. The number of aryl methyl sites for hydroxylation is 1. The molecule has 2 aromatic rings. The molecule has 1 heterocycles. The lowest BCUT2D eigenvalue weighted by Crippen LogP contribution is -2.18. The number of nitrogens with zero attached hydrogens (tertiary/aromatic N) is 2. The number of rotatable bonds is 2. The standard InChI is InChI=1S/C12H15N3/c1-2-15-8-9-10(12(13)6-7-12)4-3-5-11(9)14-15/h3-5,8H,2,6-7,13H2,1H3. The maximum absolute atomic E-state index is 6.25. The van der Waals surface area contributed by atoms with E-state index in [1.165, 1.54) is 10.9 Å². The number of fused-ring (bicyclic) bond motifs is 1. The van der Waals surface area contributed by atoms with Crippen LogP contribution in [0.25, 0.3) is 10.9 Å². The molecule has 15 heavy (non-hydrogen) atoms. The molecule has 0 amide bonds. The van der Waals surface area contributed by atoms with Crippen molar-refractivity contribution in [1.82, 2.24) is 9.78 Å². The normalized spacial score (nSPS) is 18.3. The maximum Gasteiger partial charge on any atom is 0.0926 e. The van der Waals surface area contributed by atoms with Crippen LogP contribution in [0.4, 0.5) is 0 Å². The van der Waals surface area contributed by atoms with E-state index in [4.69, 9.17) is 5.73 Å². The van der Waals surface area contributed by atoms with E-state index in [2.05, 4.69) is 36.4 Å². The van der Waals surface area contributed by atoms with Crippen LogP contribution < -0.4 is 5.73 Å². The second-order valence-electron chi connectivity index (χ2n) is 4.38. The minimum atomic E-state index is -0.0683. The van der Waals surface area contributed by atoms with Crippen LogP contribution in [0.2, 0.25) is 0 Å². The van der Waals surface area contributed by atoms with Crippen molar-refractivity contribution in [3.05, 3.63) is 30.0 Å². The molecule has 78 valence electrons. The highest BCUT2D eigenvalue weighted by Gasteiger charge is 2.41. The number of nitrogens with two attached hydrogens (primary N) is 1. The van der Waals surface area contributed by atoms with E-state index in [0.29, 0.717) is 0 Å². The fourth-order valence-electron chi connectivity index (χ4n) is 2.09. The van der Waals surface area contributed by atoms with Gasteiger partial charge in [0.05, 0.1) is 5.52 Å². The van der Waals surface area contributed by atoms with Crippen LogP contribution in [0.3, 0.4) is 0 Å². The number of benzene rings is 1. The molecule has 0 unspecified atom stereocenters. The van der Waals surface area contributed by atoms with Gasteiger partial charge in [-0.2, -0.15) is 5.10 Å². The van der Waals surface area contributed by atoms with Crippen LogP contribution in [0, 0.1) is 0 Å². The van der Waals surface area contributed by atoms with E-state index in [-0.39, 0.29) is 5.54 Å². The monoisotopic (exact) mass is 201 g/mol. The molecule has 0 aliphatic heterocycles. The molecule has 1 aliphatic rings. The minimum absolute atomic E-state index is 0.0683. The van der Waals surface area contributed by atoms with Crippen LogP contribution in [0.15, 0.2) is 24.4 Å². The van der Waals surface area contributed by atoms with E-state index in [1.54, 1.807) is 0 Å². The highest BCUT2D eigenvalue weighted by Crippen LogP contribution is 2.45. The van der Waals surface area contributed by atoms with Gasteiger partial charge >= 0.3 is 0 Å². The van der Waals surface area contributed by atoms with Crippen LogP contribution in [-0.2, 0) is 12.1 Å². The molecular formula is C12H15N3. The Morgan fingerprint density at radius 1 is 1.47 bits per heavy atom. The molecule has 0 atom stereocenters. The molecule has 1 aromatic heterocycles. The highest BCUT2D eigenvalue weighted by molar-refractivity contribution is 5.83. The average Bonchev–Trinajstić information content (AvgIpc) is 2.85. The van der Waals surface area contributed by atoms with Crippen LogP contribution >= 0.6 is 0 Å². The van der Waals surface area contributed by atoms with Crippen LogP contribution in [0.5, 0.6) is 0 Å². The van der Waals surface area contributed by atoms with Gasteiger partial charge < -0.3 is 5.73 Å². The molecule has 1 aliphatic carbocycles. The van der Waals surface area contributed by atoms with Gasteiger partial charge in [0.1, 0.15) is 0 Å². The Morgan fingerprint density at radius 2 is 2.27 bits per heavy atom. The summed E-state index contributed by atoms with van der Waals surface area (Å²) >= 11 is 0. The summed E-state index contributed by atoms with van der Waals surface area (Å²) in [5, 5.41) is 5.72. The first-order valence-electron chi connectivity index (χ1n) is 5.48. The summed E-state index contributed by atoms with van der Waals surface area (Å²) in [5.41, 5.74) is 8.50. The lowest BCUT2D eigenvalue weighted by molar-refractivity contribution is 0.667. The summed E-state index contributed by atoms with van der Waals surface area (Å²) in [6.07, 6.45) is 4.31. The van der Waals surface area contributed by atoms with Gasteiger partial charge in [0.15, 0.2) is 0 Å². The van der Waals surface area contributed by atoms with Gasteiger partial charge in [-0.15, -0.1) is 0 Å². The van der Waals surface area contributed by atoms with Gasteiger partial charge in [0, 0.05) is 23.7 Å². The molecule has 0 saturated heterocycles. The minimum Gasteiger partial charge on any atom is -0.321 e. The van der Waals surface area contributed by atoms with E-state index in [9.17, 15) is 0 Å². The summed E-state index contributed by atoms with van der Waals surface area (Å²) < 4.78 is 1.97. The third-order valence-corrected chi connectivity index (χ3v) is 3.25. The van der Waals surface area contributed by atoms with Gasteiger partial charge in [-0.25, -0.2) is 0 Å². The van der Waals surface area contributed by atoms with E-state index in [1.807, 2.05) is 4.68 Å². The third-order valence-electron chi connectivity index (χ3n) is 3.25. The van der Waals surface area contributed by atoms with Gasteiger partial charge in [0.2, 0.25) is 0 Å². The Kier molecular flexibility index (Phi) is 1.68. The zero-order valence-corrected chi connectivity index (χ0v) is 8.90. The summed E-state index contributed by atoms with van der Waals surface area (Å²) in [5.74, 6) is 0. The van der Waals surface area contributed by atoms with E-state index < -0.39 is 0 Å². The van der Waals surface area contributed by atoms with Crippen molar-refractivity contribution in [2.75, 3.05) is 0 Å². The first-order chi connectivity index (χ1) is 7.23. The Balaban J connectivity index is 2.25. The zero-order valence-electron chi connectivity index (χ0n) is 8.90. The van der Waals surface area contributed by atoms with Gasteiger partial charge in [0.25, 0.3) is 0 Å². The summed E-state index contributed by atoms with van der Waals surface area (Å²) in [7, 11) is 0. The number of hydrogen-bond donors (Lipinski definition) is 1. The quantitative estimate of drug-likeness (QED) is 0.807. The smallest absolute Gasteiger partial charge is 0.0926 e. The summed E-state index contributed by atoms with van der Waals surface area (Å²) in [6.45, 7) is 3.01. The largest absolute Gasteiger partial charge is 0.321 e. The van der Waals surface area contributed by atoms with E-state index in [0.717, 1.165) is 24.9 Å². The van der Waals surface area contributed by atoms with Crippen molar-refractivity contribution in [2.24, 2.45) is 5.73 Å². The van der Waals surface area contributed by atoms with Crippen molar-refractivity contribution in [1.29, 1.82) is 0 Å². The lowest BCUT2D eigenvalue weighted by atomic mass is 10.0. The Morgan fingerprint density at radius 3 is 2.93 bits per heavy atom. The molecule has 0 spiro atoms. The van der Waals surface area contributed by atoms with Gasteiger partial charge in [-0.05, 0) is 31.4 Å². The molecule has 1 saturated carbocycles. The third kappa shape index (κ3) is 1.27. The lowest BCUT2D eigenvalue weighted by Gasteiger charge is -2.09. The molecule has 1 fully saturated rings. The topological polar surface area (TPSA) is 43.8 Å². The van der Waals surface area contributed by atoms with Crippen molar-refractivity contribution >= 4 is 10.9 Å². The Labute approximate surface area is 88.9 Å². The fraction of sp³-hybridized carbons (Fsp3) is 0.417. The second kappa shape index (κ2) is 2.83. The first-order valence-corrected chi connectivity index (χ1v) is 5.48. The van der Waals surface area contributed by atoms with Crippen molar-refractivity contribution in [2.45, 2.75) is 31.8 Å². The zero-order chi connectivity index (χ0) is 10.5. The maximum atomic E-state index is 6.25. The Hall–Kier alpha value is -1.35. The van der Waals surface area contributed by atoms with Crippen LogP contribution in [0.1, 0.15) is 25.3 Å². The highest BCUT2D eigenvalue weighted by atomic mass is 15.3. The fourth-order valence-corrected chi connectivity index (χ4v) is 2.09. The molecule has 1 aromatic carbocycles.